The summed E-state index contributed by atoms with van der Waals surface area (Å²) in [6, 6.07) is 10.2. The summed E-state index contributed by atoms with van der Waals surface area (Å²) in [7, 11) is 4.82. The lowest BCUT2D eigenvalue weighted by Crippen LogP contribution is -2.09. The van der Waals surface area contributed by atoms with E-state index in [0.717, 1.165) is 27.7 Å². The van der Waals surface area contributed by atoms with Crippen molar-refractivity contribution in [2.75, 3.05) is 21.3 Å². The Morgan fingerprint density at radius 2 is 1.78 bits per heavy atom. The Hall–Kier alpha value is -2.67. The third kappa shape index (κ3) is 3.12. The molecule has 1 aromatic heterocycles. The van der Waals surface area contributed by atoms with E-state index in [4.69, 9.17) is 14.2 Å². The minimum absolute atomic E-state index is 0.106. The summed E-state index contributed by atoms with van der Waals surface area (Å²) in [5, 5.41) is 5.76. The monoisotopic (exact) mass is 429 g/mol. The molecule has 2 aromatic carbocycles. The summed E-state index contributed by atoms with van der Waals surface area (Å²) in [4.78, 5) is 3.33. The molecule has 1 aliphatic rings. The van der Waals surface area contributed by atoms with Gasteiger partial charge in [-0.15, -0.1) is 0 Å². The number of benzene rings is 2. The maximum atomic E-state index is 5.46. The van der Waals surface area contributed by atoms with Crippen molar-refractivity contribution in [1.29, 1.82) is 0 Å². The Morgan fingerprint density at radius 1 is 1.04 bits per heavy atom. The molecule has 0 radical (unpaired) electrons. The molecule has 140 valence electrons. The van der Waals surface area contributed by atoms with Gasteiger partial charge in [-0.2, -0.15) is 5.10 Å². The van der Waals surface area contributed by atoms with Crippen LogP contribution in [0.4, 0.5) is 0 Å². The number of fused-ring (bicyclic) bond motifs is 1. The molecule has 2 N–H and O–H groups in total. The van der Waals surface area contributed by atoms with Gasteiger partial charge in [0.05, 0.1) is 33.1 Å². The molecule has 4 rings (SSSR count). The smallest absolute Gasteiger partial charge is 0.203 e. The molecule has 27 heavy (non-hydrogen) atoms. The molecule has 0 saturated heterocycles. The van der Waals surface area contributed by atoms with E-state index in [-0.39, 0.29) is 6.04 Å². The van der Waals surface area contributed by atoms with Crippen molar-refractivity contribution in [1.82, 2.24) is 10.4 Å². The van der Waals surface area contributed by atoms with Crippen molar-refractivity contribution >= 4 is 32.5 Å². The maximum absolute atomic E-state index is 5.46. The van der Waals surface area contributed by atoms with Gasteiger partial charge in [0.2, 0.25) is 5.75 Å². The average Bonchev–Trinajstić information content (AvgIpc) is 3.33. The van der Waals surface area contributed by atoms with Crippen LogP contribution in [-0.4, -0.2) is 32.0 Å². The standard InChI is InChI=1S/C20H20BrN3O3/c1-25-18-6-11(7-19(26-2)20(18)27-3)15-9-17(24-23-15)14-10-22-16-8-12(21)4-5-13(14)16/h4-8,10,17,22,24H,9H2,1-3H3. The van der Waals surface area contributed by atoms with Gasteiger partial charge in [-0.1, -0.05) is 22.0 Å². The Bertz CT molecular complexity index is 1000. The molecule has 0 fully saturated rings. The average molecular weight is 430 g/mol. The van der Waals surface area contributed by atoms with Crippen molar-refractivity contribution < 1.29 is 14.2 Å². The molecule has 0 bridgehead atoms. The first-order valence-electron chi connectivity index (χ1n) is 8.53. The molecular formula is C20H20BrN3O3. The first-order valence-corrected chi connectivity index (χ1v) is 9.33. The summed E-state index contributed by atoms with van der Waals surface area (Å²) < 4.78 is 17.4. The number of aromatic nitrogens is 1. The zero-order chi connectivity index (χ0) is 19.0. The van der Waals surface area contributed by atoms with Crippen LogP contribution in [0.15, 0.2) is 46.1 Å². The quantitative estimate of drug-likeness (QED) is 0.630. The number of nitrogens with one attached hydrogen (secondary N) is 2. The van der Waals surface area contributed by atoms with Gasteiger partial charge in [0.25, 0.3) is 0 Å². The lowest BCUT2D eigenvalue weighted by atomic mass is 9.98. The zero-order valence-corrected chi connectivity index (χ0v) is 16.9. The van der Waals surface area contributed by atoms with Gasteiger partial charge in [0.15, 0.2) is 11.5 Å². The number of nitrogens with zero attached hydrogens (tertiary/aromatic N) is 1. The summed E-state index contributed by atoms with van der Waals surface area (Å²) in [6.07, 6.45) is 2.81. The minimum atomic E-state index is 0.106. The predicted octanol–water partition coefficient (Wildman–Crippen LogP) is 4.39. The van der Waals surface area contributed by atoms with Gasteiger partial charge in [-0.3, -0.25) is 0 Å². The first-order chi connectivity index (χ1) is 13.1. The van der Waals surface area contributed by atoms with Crippen LogP contribution in [0.5, 0.6) is 17.2 Å². The van der Waals surface area contributed by atoms with Crippen molar-refractivity contribution in [2.45, 2.75) is 12.5 Å². The van der Waals surface area contributed by atoms with Crippen LogP contribution in [0.2, 0.25) is 0 Å². The highest BCUT2D eigenvalue weighted by atomic mass is 79.9. The molecule has 0 spiro atoms. The molecule has 1 atom stereocenters. The Labute approximate surface area is 165 Å². The minimum Gasteiger partial charge on any atom is -0.493 e. The van der Waals surface area contributed by atoms with Crippen LogP contribution in [0.25, 0.3) is 10.9 Å². The van der Waals surface area contributed by atoms with E-state index in [1.807, 2.05) is 18.3 Å². The van der Waals surface area contributed by atoms with Crippen LogP contribution < -0.4 is 19.6 Å². The predicted molar refractivity (Wildman–Crippen MR) is 109 cm³/mol. The van der Waals surface area contributed by atoms with E-state index in [2.05, 4.69) is 49.6 Å². The molecule has 3 aromatic rings. The highest BCUT2D eigenvalue weighted by molar-refractivity contribution is 9.10. The lowest BCUT2D eigenvalue weighted by molar-refractivity contribution is 0.324. The van der Waals surface area contributed by atoms with Gasteiger partial charge in [-0.05, 0) is 24.3 Å². The van der Waals surface area contributed by atoms with Crippen LogP contribution >= 0.6 is 15.9 Å². The first kappa shape index (κ1) is 17.7. The fourth-order valence-corrected chi connectivity index (χ4v) is 3.82. The number of ether oxygens (including phenoxy) is 3. The summed E-state index contributed by atoms with van der Waals surface area (Å²) in [5.74, 6) is 1.82. The fourth-order valence-electron chi connectivity index (χ4n) is 3.46. The fraction of sp³-hybridized carbons (Fsp3) is 0.250. The topological polar surface area (TPSA) is 67.9 Å². The summed E-state index contributed by atoms with van der Waals surface area (Å²) >= 11 is 3.51. The number of methoxy groups -OCH3 is 3. The summed E-state index contributed by atoms with van der Waals surface area (Å²) in [5.41, 5.74) is 7.45. The number of aromatic amines is 1. The zero-order valence-electron chi connectivity index (χ0n) is 15.3. The number of halogens is 1. The molecule has 0 amide bonds. The number of H-pyrrole nitrogens is 1. The number of hydrazone groups is 1. The second-order valence-electron chi connectivity index (χ2n) is 6.29. The van der Waals surface area contributed by atoms with Gasteiger partial charge in [0, 0.05) is 39.1 Å². The molecule has 1 aliphatic heterocycles. The normalized spacial score (nSPS) is 16.1. The lowest BCUT2D eigenvalue weighted by Gasteiger charge is -2.14. The van der Waals surface area contributed by atoms with Gasteiger partial charge in [0.1, 0.15) is 0 Å². The van der Waals surface area contributed by atoms with Crippen LogP contribution in [0.1, 0.15) is 23.6 Å². The van der Waals surface area contributed by atoms with Gasteiger partial charge >= 0.3 is 0 Å². The van der Waals surface area contributed by atoms with Crippen LogP contribution in [0.3, 0.4) is 0 Å². The molecular weight excluding hydrogens is 410 g/mol. The highest BCUT2D eigenvalue weighted by Crippen LogP contribution is 2.40. The van der Waals surface area contributed by atoms with Gasteiger partial charge < -0.3 is 24.6 Å². The molecule has 0 aliphatic carbocycles. The molecule has 7 heteroatoms. The van der Waals surface area contributed by atoms with E-state index in [1.165, 1.54) is 10.9 Å². The van der Waals surface area contributed by atoms with Crippen molar-refractivity contribution in [3.05, 3.63) is 52.1 Å². The molecule has 6 nitrogen and oxygen atoms in total. The van der Waals surface area contributed by atoms with Crippen molar-refractivity contribution in [2.24, 2.45) is 5.10 Å². The number of hydrogen-bond donors (Lipinski definition) is 2. The third-order valence-electron chi connectivity index (χ3n) is 4.80. The van der Waals surface area contributed by atoms with Crippen LogP contribution in [-0.2, 0) is 0 Å². The van der Waals surface area contributed by atoms with E-state index >= 15 is 0 Å². The number of rotatable bonds is 5. The van der Waals surface area contributed by atoms with Crippen molar-refractivity contribution in [3.63, 3.8) is 0 Å². The van der Waals surface area contributed by atoms with E-state index < -0.39 is 0 Å². The van der Waals surface area contributed by atoms with E-state index in [0.29, 0.717) is 17.2 Å². The Balaban J connectivity index is 1.64. The molecule has 2 heterocycles. The SMILES string of the molecule is COc1cc(C2=NNC(c3c[nH]c4cc(Br)ccc34)C2)cc(OC)c1OC. The Kier molecular flexibility index (Phi) is 4.70. The second-order valence-corrected chi connectivity index (χ2v) is 7.21. The van der Waals surface area contributed by atoms with E-state index in [9.17, 15) is 0 Å². The van der Waals surface area contributed by atoms with E-state index in [1.54, 1.807) is 21.3 Å². The maximum Gasteiger partial charge on any atom is 0.203 e. The Morgan fingerprint density at radius 3 is 2.44 bits per heavy atom. The summed E-state index contributed by atoms with van der Waals surface area (Å²) in [6.45, 7) is 0. The van der Waals surface area contributed by atoms with Crippen molar-refractivity contribution in [3.8, 4) is 17.2 Å². The molecule has 0 saturated carbocycles. The highest BCUT2D eigenvalue weighted by Gasteiger charge is 2.25. The van der Waals surface area contributed by atoms with Crippen LogP contribution in [0, 0.1) is 0 Å². The molecule has 1 unspecified atom stereocenters. The number of hydrogen-bond acceptors (Lipinski definition) is 5. The van der Waals surface area contributed by atoms with Gasteiger partial charge in [-0.25, -0.2) is 0 Å². The second kappa shape index (κ2) is 7.15. The third-order valence-corrected chi connectivity index (χ3v) is 5.30. The largest absolute Gasteiger partial charge is 0.493 e.